The summed E-state index contributed by atoms with van der Waals surface area (Å²) < 4.78 is 0. The van der Waals surface area contributed by atoms with Crippen LogP contribution in [-0.2, 0) is 6.61 Å². The smallest absolute Gasteiger partial charge is 0.275 e. The third kappa shape index (κ3) is 3.47. The molecule has 0 radical (unpaired) electrons. The largest absolute Gasteiger partial charge is 0.392 e. The molecule has 3 rings (SSSR count). The summed E-state index contributed by atoms with van der Waals surface area (Å²) in [5, 5.41) is 14.5. The number of nitrogens with zero attached hydrogens (tertiary/aromatic N) is 1. The van der Waals surface area contributed by atoms with Gasteiger partial charge in [0.05, 0.1) is 6.61 Å². The van der Waals surface area contributed by atoms with Crippen LogP contribution in [0.3, 0.4) is 0 Å². The number of carbonyl (C=O) groups is 1. The lowest BCUT2D eigenvalue weighted by Crippen LogP contribution is -2.12. The van der Waals surface area contributed by atoms with Gasteiger partial charge in [-0.1, -0.05) is 36.4 Å². The number of aryl methyl sites for hydroxylation is 1. The van der Waals surface area contributed by atoms with E-state index in [1.807, 2.05) is 31.2 Å². The second-order valence-electron chi connectivity index (χ2n) is 5.17. The van der Waals surface area contributed by atoms with E-state index in [1.165, 1.54) is 11.3 Å². The van der Waals surface area contributed by atoms with E-state index in [0.717, 1.165) is 21.7 Å². The number of aliphatic hydroxyl groups is 1. The highest BCUT2D eigenvalue weighted by Crippen LogP contribution is 2.26. The Labute approximate surface area is 138 Å². The fourth-order valence-electron chi connectivity index (χ4n) is 2.26. The van der Waals surface area contributed by atoms with Crippen LogP contribution in [0, 0.1) is 6.92 Å². The Hall–Kier alpha value is -2.50. The van der Waals surface area contributed by atoms with Crippen molar-refractivity contribution in [2.75, 3.05) is 5.32 Å². The standard InChI is InChI=1S/C18H16N2O2S/c1-12-5-2-3-8-15(12)18-20-16(11-23-18)17(22)19-14-7-4-6-13(9-14)10-21/h2-9,11,21H,10H2,1H3,(H,19,22). The molecule has 0 fully saturated rings. The van der Waals surface area contributed by atoms with Gasteiger partial charge in [0, 0.05) is 16.6 Å². The second kappa shape index (κ2) is 6.73. The van der Waals surface area contributed by atoms with Crippen molar-refractivity contribution >= 4 is 22.9 Å². The van der Waals surface area contributed by atoms with Gasteiger partial charge in [-0.15, -0.1) is 11.3 Å². The molecule has 0 aliphatic carbocycles. The maximum atomic E-state index is 12.3. The summed E-state index contributed by atoms with van der Waals surface area (Å²) in [6.07, 6.45) is 0. The molecule has 0 unspecified atom stereocenters. The van der Waals surface area contributed by atoms with Gasteiger partial charge >= 0.3 is 0 Å². The fourth-order valence-corrected chi connectivity index (χ4v) is 3.15. The average Bonchev–Trinajstić information content (AvgIpc) is 3.05. The van der Waals surface area contributed by atoms with Crippen molar-refractivity contribution in [2.24, 2.45) is 0 Å². The SMILES string of the molecule is Cc1ccccc1-c1nc(C(=O)Nc2cccc(CO)c2)cs1. The Kier molecular flexibility index (Phi) is 4.50. The van der Waals surface area contributed by atoms with Gasteiger partial charge < -0.3 is 10.4 Å². The van der Waals surface area contributed by atoms with Crippen LogP contribution in [-0.4, -0.2) is 16.0 Å². The van der Waals surface area contributed by atoms with Gasteiger partial charge in [-0.25, -0.2) is 4.98 Å². The van der Waals surface area contributed by atoms with Gasteiger partial charge in [0.1, 0.15) is 10.7 Å². The first-order valence-corrected chi connectivity index (χ1v) is 8.08. The zero-order chi connectivity index (χ0) is 16.2. The third-order valence-electron chi connectivity index (χ3n) is 3.48. The van der Waals surface area contributed by atoms with Gasteiger partial charge in [0.15, 0.2) is 0 Å². The highest BCUT2D eigenvalue weighted by Gasteiger charge is 2.13. The maximum Gasteiger partial charge on any atom is 0.275 e. The van der Waals surface area contributed by atoms with Crippen molar-refractivity contribution in [3.63, 3.8) is 0 Å². The Morgan fingerprint density at radius 3 is 2.83 bits per heavy atom. The van der Waals surface area contributed by atoms with Gasteiger partial charge in [-0.05, 0) is 30.2 Å². The molecule has 0 spiro atoms. The Morgan fingerprint density at radius 1 is 1.22 bits per heavy atom. The van der Waals surface area contributed by atoms with E-state index < -0.39 is 0 Å². The molecule has 1 aromatic heterocycles. The number of thiazole rings is 1. The highest BCUT2D eigenvalue weighted by atomic mass is 32.1. The van der Waals surface area contributed by atoms with E-state index in [2.05, 4.69) is 10.3 Å². The van der Waals surface area contributed by atoms with Gasteiger partial charge in [-0.3, -0.25) is 4.79 Å². The lowest BCUT2D eigenvalue weighted by Gasteiger charge is -2.05. The Bertz CT molecular complexity index is 842. The number of hydrogen-bond donors (Lipinski definition) is 2. The van der Waals surface area contributed by atoms with Crippen LogP contribution in [0.25, 0.3) is 10.6 Å². The molecule has 0 atom stereocenters. The molecule has 2 N–H and O–H groups in total. The first-order chi connectivity index (χ1) is 11.2. The molecule has 0 saturated heterocycles. The zero-order valence-electron chi connectivity index (χ0n) is 12.6. The molecular formula is C18H16N2O2S. The van der Waals surface area contributed by atoms with Crippen LogP contribution >= 0.6 is 11.3 Å². The number of aliphatic hydroxyl groups excluding tert-OH is 1. The van der Waals surface area contributed by atoms with E-state index in [-0.39, 0.29) is 12.5 Å². The van der Waals surface area contributed by atoms with Gasteiger partial charge in [0.25, 0.3) is 5.91 Å². The van der Waals surface area contributed by atoms with Crippen LogP contribution in [0.15, 0.2) is 53.9 Å². The summed E-state index contributed by atoms with van der Waals surface area (Å²) in [7, 11) is 0. The van der Waals surface area contributed by atoms with E-state index in [9.17, 15) is 4.79 Å². The number of anilines is 1. The number of amides is 1. The molecule has 3 aromatic rings. The third-order valence-corrected chi connectivity index (χ3v) is 4.36. The van der Waals surface area contributed by atoms with Gasteiger partial charge in [-0.2, -0.15) is 0 Å². The number of carbonyl (C=O) groups excluding carboxylic acids is 1. The number of rotatable bonds is 4. The summed E-state index contributed by atoms with van der Waals surface area (Å²) in [4.78, 5) is 16.8. The van der Waals surface area contributed by atoms with Crippen molar-refractivity contribution in [1.82, 2.24) is 4.98 Å². The topological polar surface area (TPSA) is 62.2 Å². The normalized spacial score (nSPS) is 10.5. The van der Waals surface area contributed by atoms with Crippen molar-refractivity contribution in [2.45, 2.75) is 13.5 Å². The van der Waals surface area contributed by atoms with Crippen molar-refractivity contribution in [3.8, 4) is 10.6 Å². The maximum absolute atomic E-state index is 12.3. The predicted octanol–water partition coefficient (Wildman–Crippen LogP) is 3.86. The molecule has 5 heteroatoms. The average molecular weight is 324 g/mol. The van der Waals surface area contributed by atoms with Crippen LogP contribution < -0.4 is 5.32 Å². The molecule has 23 heavy (non-hydrogen) atoms. The fraction of sp³-hybridized carbons (Fsp3) is 0.111. The summed E-state index contributed by atoms with van der Waals surface area (Å²) in [6, 6.07) is 15.1. The second-order valence-corrected chi connectivity index (χ2v) is 6.02. The Balaban J connectivity index is 1.80. The number of benzene rings is 2. The summed E-state index contributed by atoms with van der Waals surface area (Å²) >= 11 is 1.45. The van der Waals surface area contributed by atoms with Crippen molar-refractivity contribution < 1.29 is 9.90 Å². The molecule has 2 aromatic carbocycles. The number of aromatic nitrogens is 1. The minimum absolute atomic E-state index is 0.0577. The van der Waals surface area contributed by atoms with Crippen LogP contribution in [0.1, 0.15) is 21.6 Å². The van der Waals surface area contributed by atoms with E-state index in [0.29, 0.717) is 11.4 Å². The monoisotopic (exact) mass is 324 g/mol. The minimum Gasteiger partial charge on any atom is -0.392 e. The predicted molar refractivity (Wildman–Crippen MR) is 92.6 cm³/mol. The highest BCUT2D eigenvalue weighted by molar-refractivity contribution is 7.13. The molecule has 0 bridgehead atoms. The number of nitrogens with one attached hydrogen (secondary N) is 1. The summed E-state index contributed by atoms with van der Waals surface area (Å²) in [5.41, 5.74) is 3.96. The van der Waals surface area contributed by atoms with E-state index in [4.69, 9.17) is 5.11 Å². The molecule has 116 valence electrons. The lowest BCUT2D eigenvalue weighted by molar-refractivity contribution is 0.102. The summed E-state index contributed by atoms with van der Waals surface area (Å²) in [5.74, 6) is -0.254. The van der Waals surface area contributed by atoms with Crippen molar-refractivity contribution in [1.29, 1.82) is 0 Å². The molecule has 0 saturated carbocycles. The van der Waals surface area contributed by atoms with Crippen LogP contribution in [0.2, 0.25) is 0 Å². The molecule has 1 heterocycles. The molecular weight excluding hydrogens is 308 g/mol. The molecule has 1 amide bonds. The molecule has 4 nitrogen and oxygen atoms in total. The van der Waals surface area contributed by atoms with Gasteiger partial charge in [0.2, 0.25) is 0 Å². The van der Waals surface area contributed by atoms with Crippen LogP contribution in [0.5, 0.6) is 0 Å². The van der Waals surface area contributed by atoms with E-state index in [1.54, 1.807) is 29.6 Å². The minimum atomic E-state index is -0.254. The van der Waals surface area contributed by atoms with Crippen LogP contribution in [0.4, 0.5) is 5.69 Å². The quantitative estimate of drug-likeness (QED) is 0.766. The van der Waals surface area contributed by atoms with E-state index >= 15 is 0 Å². The summed E-state index contributed by atoms with van der Waals surface area (Å²) in [6.45, 7) is 1.97. The lowest BCUT2D eigenvalue weighted by atomic mass is 10.1. The first-order valence-electron chi connectivity index (χ1n) is 7.20. The molecule has 0 aliphatic heterocycles. The zero-order valence-corrected chi connectivity index (χ0v) is 13.4. The molecule has 0 aliphatic rings. The number of hydrogen-bond acceptors (Lipinski definition) is 4. The Morgan fingerprint density at radius 2 is 2.04 bits per heavy atom. The van der Waals surface area contributed by atoms with Crippen molar-refractivity contribution in [3.05, 3.63) is 70.7 Å². The first kappa shape index (κ1) is 15.4.